The third-order valence-corrected chi connectivity index (χ3v) is 5.22. The Labute approximate surface area is 137 Å². The van der Waals surface area contributed by atoms with Gasteiger partial charge in [0.05, 0.1) is 12.6 Å². The first-order chi connectivity index (χ1) is 11.3. The fourth-order valence-corrected chi connectivity index (χ4v) is 4.08. The van der Waals surface area contributed by atoms with E-state index in [0.29, 0.717) is 18.4 Å². The van der Waals surface area contributed by atoms with E-state index in [4.69, 9.17) is 9.47 Å². The van der Waals surface area contributed by atoms with Gasteiger partial charge in [0.1, 0.15) is 11.6 Å². The zero-order valence-corrected chi connectivity index (χ0v) is 13.4. The van der Waals surface area contributed by atoms with Gasteiger partial charge < -0.3 is 9.47 Å². The van der Waals surface area contributed by atoms with Crippen molar-refractivity contribution in [2.24, 2.45) is 0 Å². The lowest BCUT2D eigenvalue weighted by molar-refractivity contribution is -0.0171. The smallest absolute Gasteiger partial charge is 0.209 e. The molecule has 0 amide bonds. The number of benzene rings is 1. The second-order valence-corrected chi connectivity index (χ2v) is 6.74. The minimum Gasteiger partial charge on any atom is -0.467 e. The van der Waals surface area contributed by atoms with E-state index >= 15 is 0 Å². The lowest BCUT2D eigenvalue weighted by Crippen LogP contribution is -2.13. The van der Waals surface area contributed by atoms with E-state index < -0.39 is 0 Å². The van der Waals surface area contributed by atoms with Crippen molar-refractivity contribution in [3.63, 3.8) is 0 Å². The number of aromatic nitrogens is 4. The van der Waals surface area contributed by atoms with E-state index in [9.17, 15) is 4.39 Å². The second kappa shape index (κ2) is 6.45. The minimum absolute atomic E-state index is 0.204. The number of hydrogen-bond donors (Lipinski definition) is 0. The molecule has 2 aliphatic rings. The van der Waals surface area contributed by atoms with Gasteiger partial charge in [0, 0.05) is 16.9 Å². The number of rotatable bonds is 4. The normalized spacial score (nSPS) is 18.0. The predicted molar refractivity (Wildman–Crippen MR) is 81.6 cm³/mol. The van der Waals surface area contributed by atoms with E-state index in [2.05, 4.69) is 15.5 Å². The Balaban J connectivity index is 1.54. The molecule has 8 heteroatoms. The maximum absolute atomic E-state index is 13.8. The molecule has 122 valence electrons. The van der Waals surface area contributed by atoms with Crippen LogP contribution in [-0.4, -0.2) is 27.0 Å². The molecule has 0 N–H and O–H groups in total. The van der Waals surface area contributed by atoms with Gasteiger partial charge in [0.15, 0.2) is 6.79 Å². The van der Waals surface area contributed by atoms with Crippen LogP contribution in [0.15, 0.2) is 17.3 Å². The highest BCUT2D eigenvalue weighted by Gasteiger charge is 2.23. The zero-order valence-electron chi connectivity index (χ0n) is 12.6. The Morgan fingerprint density at radius 1 is 1.30 bits per heavy atom. The van der Waals surface area contributed by atoms with Crippen molar-refractivity contribution in [3.05, 3.63) is 29.1 Å². The van der Waals surface area contributed by atoms with Gasteiger partial charge in [-0.15, -0.1) is 5.10 Å². The van der Waals surface area contributed by atoms with Crippen molar-refractivity contribution < 1.29 is 13.9 Å². The molecule has 2 aromatic rings. The fourth-order valence-electron chi connectivity index (χ4n) is 3.16. The van der Waals surface area contributed by atoms with Crippen LogP contribution in [0.5, 0.6) is 5.75 Å². The Hall–Kier alpha value is -1.67. The van der Waals surface area contributed by atoms with Gasteiger partial charge in [-0.05, 0) is 35.4 Å². The summed E-state index contributed by atoms with van der Waals surface area (Å²) in [7, 11) is 0. The summed E-state index contributed by atoms with van der Waals surface area (Å²) < 4.78 is 26.4. The van der Waals surface area contributed by atoms with Gasteiger partial charge in [0.25, 0.3) is 0 Å². The molecule has 1 aliphatic heterocycles. The van der Waals surface area contributed by atoms with Crippen LogP contribution in [0.3, 0.4) is 0 Å². The Kier molecular flexibility index (Phi) is 4.17. The lowest BCUT2D eigenvalue weighted by Gasteiger charge is -2.20. The molecular weight excluding hydrogens is 319 g/mol. The molecule has 1 aromatic carbocycles. The third kappa shape index (κ3) is 3.05. The van der Waals surface area contributed by atoms with Crippen LogP contribution in [0.1, 0.15) is 42.9 Å². The summed E-state index contributed by atoms with van der Waals surface area (Å²) in [5.74, 6) is 1.02. The molecule has 2 heterocycles. The summed E-state index contributed by atoms with van der Waals surface area (Å²) in [6, 6.07) is 3.37. The summed E-state index contributed by atoms with van der Waals surface area (Å²) in [5.41, 5.74) is 1.57. The van der Waals surface area contributed by atoms with Crippen LogP contribution in [0.25, 0.3) is 0 Å². The number of ether oxygens (including phenoxy) is 2. The molecule has 1 fully saturated rings. The van der Waals surface area contributed by atoms with E-state index in [-0.39, 0.29) is 12.6 Å². The molecule has 1 aliphatic carbocycles. The molecule has 0 unspecified atom stereocenters. The highest BCUT2D eigenvalue weighted by Crippen LogP contribution is 2.35. The number of hydrogen-bond acceptors (Lipinski definition) is 6. The van der Waals surface area contributed by atoms with E-state index in [1.54, 1.807) is 0 Å². The Morgan fingerprint density at radius 2 is 2.17 bits per heavy atom. The van der Waals surface area contributed by atoms with Crippen LogP contribution < -0.4 is 4.74 Å². The van der Waals surface area contributed by atoms with E-state index in [1.165, 1.54) is 36.7 Å². The van der Waals surface area contributed by atoms with Gasteiger partial charge in [-0.2, -0.15) is 0 Å². The Bertz CT molecular complexity index is 703. The van der Waals surface area contributed by atoms with Gasteiger partial charge in [-0.3, -0.25) is 0 Å². The summed E-state index contributed by atoms with van der Waals surface area (Å²) in [6.07, 6.45) is 4.68. The standard InChI is InChI=1S/C15H17FN4O2S/c16-12-5-10-7-21-9-22-14(10)11(6-12)8-23-15-17-18-19-20(15)13-3-1-2-4-13/h5-6,13H,1-4,7-9H2. The van der Waals surface area contributed by atoms with Gasteiger partial charge >= 0.3 is 0 Å². The molecule has 0 radical (unpaired) electrons. The third-order valence-electron chi connectivity index (χ3n) is 4.24. The summed E-state index contributed by atoms with van der Waals surface area (Å²) in [6.45, 7) is 0.584. The summed E-state index contributed by atoms with van der Waals surface area (Å²) in [5, 5.41) is 12.8. The fraction of sp³-hybridized carbons (Fsp3) is 0.533. The first kappa shape index (κ1) is 14.9. The van der Waals surface area contributed by atoms with Crippen molar-refractivity contribution in [2.45, 2.75) is 49.2 Å². The van der Waals surface area contributed by atoms with Crippen LogP contribution in [-0.2, 0) is 17.1 Å². The zero-order chi connectivity index (χ0) is 15.6. The number of tetrazole rings is 1. The molecular formula is C15H17FN4O2S. The molecule has 1 aromatic heterocycles. The topological polar surface area (TPSA) is 62.1 Å². The Morgan fingerprint density at radius 3 is 3.04 bits per heavy atom. The highest BCUT2D eigenvalue weighted by atomic mass is 32.2. The molecule has 0 spiro atoms. The maximum atomic E-state index is 13.8. The highest BCUT2D eigenvalue weighted by molar-refractivity contribution is 7.98. The van der Waals surface area contributed by atoms with Crippen molar-refractivity contribution in [3.8, 4) is 5.75 Å². The molecule has 1 saturated carbocycles. The van der Waals surface area contributed by atoms with Crippen molar-refractivity contribution in [1.82, 2.24) is 20.2 Å². The lowest BCUT2D eigenvalue weighted by atomic mass is 10.1. The number of thioether (sulfide) groups is 1. The molecule has 0 bridgehead atoms. The van der Waals surface area contributed by atoms with Crippen LogP contribution in [0.2, 0.25) is 0 Å². The van der Waals surface area contributed by atoms with Crippen LogP contribution >= 0.6 is 11.8 Å². The number of fused-ring (bicyclic) bond motifs is 1. The molecule has 23 heavy (non-hydrogen) atoms. The number of halogens is 1. The van der Waals surface area contributed by atoms with Gasteiger partial charge in [0.2, 0.25) is 5.16 Å². The van der Waals surface area contributed by atoms with Gasteiger partial charge in [-0.25, -0.2) is 9.07 Å². The first-order valence-corrected chi connectivity index (χ1v) is 8.72. The van der Waals surface area contributed by atoms with Gasteiger partial charge in [-0.1, -0.05) is 24.6 Å². The van der Waals surface area contributed by atoms with Crippen molar-refractivity contribution in [1.29, 1.82) is 0 Å². The second-order valence-electron chi connectivity index (χ2n) is 5.80. The minimum atomic E-state index is -0.274. The van der Waals surface area contributed by atoms with Crippen molar-refractivity contribution >= 4 is 11.8 Å². The summed E-state index contributed by atoms with van der Waals surface area (Å²) >= 11 is 1.51. The molecule has 4 rings (SSSR count). The largest absolute Gasteiger partial charge is 0.467 e. The van der Waals surface area contributed by atoms with E-state index in [0.717, 1.165) is 34.9 Å². The SMILES string of the molecule is Fc1cc2c(c(CSc3nnnn3C3CCCC3)c1)OCOC2. The van der Waals surface area contributed by atoms with Crippen LogP contribution in [0.4, 0.5) is 4.39 Å². The maximum Gasteiger partial charge on any atom is 0.209 e. The number of nitrogens with zero attached hydrogens (tertiary/aromatic N) is 4. The predicted octanol–water partition coefficient (Wildman–Crippen LogP) is 3.09. The molecule has 0 atom stereocenters. The average Bonchev–Trinajstić information content (AvgIpc) is 3.23. The monoisotopic (exact) mass is 336 g/mol. The molecule has 0 saturated heterocycles. The average molecular weight is 336 g/mol. The first-order valence-electron chi connectivity index (χ1n) is 7.74. The summed E-state index contributed by atoms with van der Waals surface area (Å²) in [4.78, 5) is 0. The van der Waals surface area contributed by atoms with E-state index in [1.807, 2.05) is 4.68 Å². The van der Waals surface area contributed by atoms with Crippen molar-refractivity contribution in [2.75, 3.05) is 6.79 Å². The quantitative estimate of drug-likeness (QED) is 0.800. The van der Waals surface area contributed by atoms with Crippen LogP contribution in [0, 0.1) is 5.82 Å². The molecule has 6 nitrogen and oxygen atoms in total.